The van der Waals surface area contributed by atoms with E-state index in [0.717, 1.165) is 25.0 Å². The summed E-state index contributed by atoms with van der Waals surface area (Å²) < 4.78 is 39.6. The van der Waals surface area contributed by atoms with Crippen LogP contribution in [0.25, 0.3) is 5.69 Å². The molecular weight excluding hydrogens is 305 g/mol. The third kappa shape index (κ3) is 3.54. The van der Waals surface area contributed by atoms with Crippen molar-refractivity contribution in [2.45, 2.75) is 31.6 Å². The lowest BCUT2D eigenvalue weighted by Gasteiger charge is -2.09. The van der Waals surface area contributed by atoms with Gasteiger partial charge in [0.1, 0.15) is 0 Å². The highest BCUT2D eigenvalue weighted by atomic mass is 35.5. The van der Waals surface area contributed by atoms with Gasteiger partial charge in [-0.3, -0.25) is 0 Å². The quantitative estimate of drug-likeness (QED) is 0.942. The van der Waals surface area contributed by atoms with E-state index >= 15 is 0 Å². The Labute approximate surface area is 123 Å². The Balaban J connectivity index is 1.83. The number of aromatic nitrogens is 3. The highest BCUT2D eigenvalue weighted by Crippen LogP contribution is 2.32. The SMILES string of the molecule is FC(F)(F)c1cc(Cl)cc(-n2cc(CNC3CC3)nn2)c1. The van der Waals surface area contributed by atoms with Crippen molar-refractivity contribution in [2.75, 3.05) is 0 Å². The molecule has 1 aliphatic rings. The molecule has 0 unspecified atom stereocenters. The van der Waals surface area contributed by atoms with Crippen LogP contribution in [0.2, 0.25) is 5.02 Å². The molecule has 1 aromatic carbocycles. The third-order valence-electron chi connectivity index (χ3n) is 3.16. The standard InChI is InChI=1S/C13H12ClF3N4/c14-9-3-8(13(15,16)17)4-12(5-9)21-7-11(19-20-21)6-18-10-1-2-10/h3-5,7,10,18H,1-2,6H2. The summed E-state index contributed by atoms with van der Waals surface area (Å²) in [6.45, 7) is 0.553. The molecule has 0 spiro atoms. The van der Waals surface area contributed by atoms with Crippen LogP contribution in [0.5, 0.6) is 0 Å². The van der Waals surface area contributed by atoms with Crippen LogP contribution >= 0.6 is 11.6 Å². The van der Waals surface area contributed by atoms with Crippen LogP contribution in [-0.2, 0) is 12.7 Å². The average molecular weight is 317 g/mol. The van der Waals surface area contributed by atoms with Gasteiger partial charge in [0.2, 0.25) is 0 Å². The van der Waals surface area contributed by atoms with E-state index in [1.165, 1.54) is 10.7 Å². The molecule has 3 rings (SSSR count). The van der Waals surface area contributed by atoms with Gasteiger partial charge in [-0.2, -0.15) is 13.2 Å². The van der Waals surface area contributed by atoms with E-state index < -0.39 is 11.7 Å². The topological polar surface area (TPSA) is 42.7 Å². The average Bonchev–Trinajstić information content (AvgIpc) is 3.11. The lowest BCUT2D eigenvalue weighted by Crippen LogP contribution is -2.15. The fraction of sp³-hybridized carbons (Fsp3) is 0.385. The van der Waals surface area contributed by atoms with E-state index in [2.05, 4.69) is 15.6 Å². The van der Waals surface area contributed by atoms with Crippen molar-refractivity contribution in [3.8, 4) is 5.69 Å². The molecule has 0 radical (unpaired) electrons. The second-order valence-electron chi connectivity index (χ2n) is 5.01. The van der Waals surface area contributed by atoms with Gasteiger partial charge in [0.05, 0.1) is 23.1 Å². The molecule has 1 fully saturated rings. The summed E-state index contributed by atoms with van der Waals surface area (Å²) in [6, 6.07) is 3.83. The molecule has 112 valence electrons. The van der Waals surface area contributed by atoms with Gasteiger partial charge in [-0.15, -0.1) is 5.10 Å². The molecule has 4 nitrogen and oxygen atoms in total. The minimum absolute atomic E-state index is 0.00739. The molecule has 21 heavy (non-hydrogen) atoms. The van der Waals surface area contributed by atoms with E-state index in [0.29, 0.717) is 18.3 Å². The van der Waals surface area contributed by atoms with E-state index in [1.807, 2.05) is 0 Å². The molecule has 2 aromatic rings. The Morgan fingerprint density at radius 3 is 2.71 bits per heavy atom. The van der Waals surface area contributed by atoms with Crippen molar-refractivity contribution in [1.82, 2.24) is 20.3 Å². The van der Waals surface area contributed by atoms with Crippen LogP contribution in [0.3, 0.4) is 0 Å². The van der Waals surface area contributed by atoms with Gasteiger partial charge in [-0.25, -0.2) is 4.68 Å². The molecule has 0 aliphatic heterocycles. The number of rotatable bonds is 4. The number of benzene rings is 1. The summed E-state index contributed by atoms with van der Waals surface area (Å²) in [4.78, 5) is 0. The Morgan fingerprint density at radius 1 is 1.29 bits per heavy atom. The molecule has 1 aromatic heterocycles. The smallest absolute Gasteiger partial charge is 0.308 e. The van der Waals surface area contributed by atoms with E-state index in [4.69, 9.17) is 11.6 Å². The largest absolute Gasteiger partial charge is 0.416 e. The number of nitrogens with zero attached hydrogens (tertiary/aromatic N) is 3. The fourth-order valence-corrected chi connectivity index (χ4v) is 2.14. The summed E-state index contributed by atoms with van der Waals surface area (Å²) in [5.41, 5.74) is 0.105. The lowest BCUT2D eigenvalue weighted by atomic mass is 10.2. The minimum Gasteiger partial charge on any atom is -0.308 e. The van der Waals surface area contributed by atoms with Crippen molar-refractivity contribution in [3.63, 3.8) is 0 Å². The van der Waals surface area contributed by atoms with Crippen LogP contribution in [-0.4, -0.2) is 21.0 Å². The molecule has 8 heteroatoms. The Hall–Kier alpha value is -1.60. The zero-order valence-electron chi connectivity index (χ0n) is 10.9. The highest BCUT2D eigenvalue weighted by Gasteiger charge is 2.31. The summed E-state index contributed by atoms with van der Waals surface area (Å²) in [5.74, 6) is 0. The molecule has 0 amide bonds. The van der Waals surface area contributed by atoms with Gasteiger partial charge in [0.15, 0.2) is 0 Å². The molecular formula is C13H12ClF3N4. The summed E-state index contributed by atoms with van der Waals surface area (Å²) in [6.07, 6.45) is -0.549. The van der Waals surface area contributed by atoms with Crippen molar-refractivity contribution in [1.29, 1.82) is 0 Å². The van der Waals surface area contributed by atoms with Gasteiger partial charge in [-0.05, 0) is 31.0 Å². The number of nitrogens with one attached hydrogen (secondary N) is 1. The van der Waals surface area contributed by atoms with Crippen LogP contribution in [0.1, 0.15) is 24.1 Å². The first-order chi connectivity index (χ1) is 9.91. The third-order valence-corrected chi connectivity index (χ3v) is 3.38. The second kappa shape index (κ2) is 5.31. The summed E-state index contributed by atoms with van der Waals surface area (Å²) in [5, 5.41) is 11.1. The van der Waals surface area contributed by atoms with Crippen molar-refractivity contribution in [2.24, 2.45) is 0 Å². The molecule has 1 N–H and O–H groups in total. The number of hydrogen-bond acceptors (Lipinski definition) is 3. The number of alkyl halides is 3. The second-order valence-corrected chi connectivity index (χ2v) is 5.44. The lowest BCUT2D eigenvalue weighted by molar-refractivity contribution is -0.137. The van der Waals surface area contributed by atoms with Crippen molar-refractivity contribution in [3.05, 3.63) is 40.7 Å². The van der Waals surface area contributed by atoms with Gasteiger partial charge in [0, 0.05) is 17.6 Å². The fourth-order valence-electron chi connectivity index (χ4n) is 1.91. The maximum atomic E-state index is 12.8. The maximum absolute atomic E-state index is 12.8. The van der Waals surface area contributed by atoms with Crippen molar-refractivity contribution < 1.29 is 13.2 Å². The van der Waals surface area contributed by atoms with Crippen LogP contribution < -0.4 is 5.32 Å². The van der Waals surface area contributed by atoms with E-state index in [-0.39, 0.29) is 10.7 Å². The van der Waals surface area contributed by atoms with Gasteiger partial charge in [0.25, 0.3) is 0 Å². The van der Waals surface area contributed by atoms with Crippen LogP contribution in [0.15, 0.2) is 24.4 Å². The first-order valence-corrected chi connectivity index (χ1v) is 6.82. The molecule has 1 saturated carbocycles. The first kappa shape index (κ1) is 14.3. The van der Waals surface area contributed by atoms with Crippen LogP contribution in [0.4, 0.5) is 13.2 Å². The predicted octanol–water partition coefficient (Wildman–Crippen LogP) is 3.19. The Kier molecular flexibility index (Phi) is 3.62. The summed E-state index contributed by atoms with van der Waals surface area (Å²) in [7, 11) is 0. The molecule has 0 bridgehead atoms. The first-order valence-electron chi connectivity index (χ1n) is 6.44. The van der Waals surface area contributed by atoms with E-state index in [1.54, 1.807) is 6.20 Å². The minimum atomic E-state index is -4.45. The van der Waals surface area contributed by atoms with Gasteiger partial charge in [-0.1, -0.05) is 16.8 Å². The monoisotopic (exact) mass is 316 g/mol. The Bertz CT molecular complexity index is 649. The number of halogens is 4. The van der Waals surface area contributed by atoms with Gasteiger partial charge >= 0.3 is 6.18 Å². The summed E-state index contributed by atoms with van der Waals surface area (Å²) >= 11 is 5.75. The molecule has 1 heterocycles. The predicted molar refractivity (Wildman–Crippen MR) is 71.2 cm³/mol. The van der Waals surface area contributed by atoms with Gasteiger partial charge < -0.3 is 5.32 Å². The molecule has 1 aliphatic carbocycles. The zero-order chi connectivity index (χ0) is 15.0. The van der Waals surface area contributed by atoms with E-state index in [9.17, 15) is 13.2 Å². The molecule has 0 atom stereocenters. The van der Waals surface area contributed by atoms with Crippen LogP contribution in [0, 0.1) is 0 Å². The van der Waals surface area contributed by atoms with Crippen molar-refractivity contribution >= 4 is 11.6 Å². The normalized spacial score (nSPS) is 15.4. The molecule has 0 saturated heterocycles. The zero-order valence-corrected chi connectivity index (χ0v) is 11.6. The maximum Gasteiger partial charge on any atom is 0.416 e. The number of hydrogen-bond donors (Lipinski definition) is 1. The highest BCUT2D eigenvalue weighted by molar-refractivity contribution is 6.30. The Morgan fingerprint density at radius 2 is 2.05 bits per heavy atom.